The zero-order valence-electron chi connectivity index (χ0n) is 15.3. The van der Waals surface area contributed by atoms with E-state index in [1.807, 2.05) is 11.0 Å². The number of ether oxygens (including phenoxy) is 1. The quantitative estimate of drug-likeness (QED) is 0.847. The molecule has 3 rings (SSSR count). The summed E-state index contributed by atoms with van der Waals surface area (Å²) >= 11 is 0. The van der Waals surface area contributed by atoms with Crippen LogP contribution in [0.2, 0.25) is 0 Å². The number of piperidine rings is 1. The van der Waals surface area contributed by atoms with E-state index in [1.165, 1.54) is 6.20 Å². The second-order valence-corrected chi connectivity index (χ2v) is 6.82. The average Bonchev–Trinajstić information content (AvgIpc) is 2.66. The molecule has 1 N–H and O–H groups in total. The molecule has 0 amide bonds. The molecule has 2 aromatic heterocycles. The van der Waals surface area contributed by atoms with Crippen LogP contribution in [-0.2, 0) is 4.74 Å². The van der Waals surface area contributed by atoms with Crippen molar-refractivity contribution in [3.8, 4) is 6.07 Å². The number of aromatic amines is 1. The SMILES string of the molecule is CCC(=O)c1cc2c(N3CCC(C)(OC)CC3)c(C#N)c(=O)[nH]c2cn1. The molecule has 7 nitrogen and oxygen atoms in total. The van der Waals surface area contributed by atoms with Gasteiger partial charge in [0.15, 0.2) is 5.78 Å². The predicted molar refractivity (Wildman–Crippen MR) is 98.6 cm³/mol. The summed E-state index contributed by atoms with van der Waals surface area (Å²) in [5, 5.41) is 10.2. The number of nitrogens with zero attached hydrogens (tertiary/aromatic N) is 3. The van der Waals surface area contributed by atoms with Crippen LogP contribution in [0.1, 0.15) is 49.2 Å². The molecule has 0 spiro atoms. The van der Waals surface area contributed by atoms with Gasteiger partial charge in [-0.2, -0.15) is 5.26 Å². The number of H-pyrrole nitrogens is 1. The molecule has 0 aromatic carbocycles. The lowest BCUT2D eigenvalue weighted by Gasteiger charge is -2.40. The van der Waals surface area contributed by atoms with Crippen LogP contribution in [0.3, 0.4) is 0 Å². The highest BCUT2D eigenvalue weighted by Gasteiger charge is 2.32. The van der Waals surface area contributed by atoms with Crippen LogP contribution in [0.4, 0.5) is 5.69 Å². The number of Topliss-reactive ketones (excluding diaryl/α,β-unsaturated/α-hetero) is 1. The van der Waals surface area contributed by atoms with Crippen molar-refractivity contribution in [1.82, 2.24) is 9.97 Å². The van der Waals surface area contributed by atoms with Gasteiger partial charge in [0.2, 0.25) is 0 Å². The smallest absolute Gasteiger partial charge is 0.268 e. The number of ketones is 1. The van der Waals surface area contributed by atoms with Gasteiger partial charge in [-0.1, -0.05) is 6.92 Å². The van der Waals surface area contributed by atoms with Gasteiger partial charge in [0.05, 0.1) is 23.0 Å². The van der Waals surface area contributed by atoms with Crippen LogP contribution in [0.15, 0.2) is 17.1 Å². The van der Waals surface area contributed by atoms with E-state index in [2.05, 4.69) is 16.9 Å². The number of hydrogen-bond donors (Lipinski definition) is 1. The number of methoxy groups -OCH3 is 1. The lowest BCUT2D eigenvalue weighted by atomic mass is 9.92. The van der Waals surface area contributed by atoms with Crippen molar-refractivity contribution in [2.24, 2.45) is 0 Å². The monoisotopic (exact) mass is 354 g/mol. The average molecular weight is 354 g/mol. The van der Waals surface area contributed by atoms with Gasteiger partial charge in [0.1, 0.15) is 17.3 Å². The molecular weight excluding hydrogens is 332 g/mol. The molecule has 2 aromatic rings. The molecule has 0 saturated carbocycles. The molecule has 3 heterocycles. The first-order chi connectivity index (χ1) is 12.4. The maximum Gasteiger partial charge on any atom is 0.268 e. The van der Waals surface area contributed by atoms with Crippen molar-refractivity contribution in [2.45, 2.75) is 38.7 Å². The fourth-order valence-electron chi connectivity index (χ4n) is 3.35. The molecule has 7 heteroatoms. The van der Waals surface area contributed by atoms with Gasteiger partial charge in [-0.25, -0.2) is 0 Å². The molecule has 0 bridgehead atoms. The lowest BCUT2D eigenvalue weighted by molar-refractivity contribution is -0.0132. The second-order valence-electron chi connectivity index (χ2n) is 6.82. The van der Waals surface area contributed by atoms with Gasteiger partial charge >= 0.3 is 0 Å². The van der Waals surface area contributed by atoms with E-state index in [1.54, 1.807) is 20.1 Å². The van der Waals surface area contributed by atoms with Gasteiger partial charge < -0.3 is 14.6 Å². The standard InChI is InChI=1S/C19H22N4O3/c1-4-16(24)14-9-12-15(11-21-14)22-18(25)13(10-20)17(12)23-7-5-19(2,26-3)6-8-23/h9,11H,4-8H2,1-3H3,(H,22,25). The van der Waals surface area contributed by atoms with Crippen LogP contribution < -0.4 is 10.5 Å². The summed E-state index contributed by atoms with van der Waals surface area (Å²) in [6.45, 7) is 5.17. The van der Waals surface area contributed by atoms with E-state index in [0.29, 0.717) is 41.8 Å². The minimum Gasteiger partial charge on any atom is -0.378 e. The summed E-state index contributed by atoms with van der Waals surface area (Å²) in [7, 11) is 1.70. The first-order valence-corrected chi connectivity index (χ1v) is 8.72. The van der Waals surface area contributed by atoms with Crippen molar-refractivity contribution < 1.29 is 9.53 Å². The Morgan fingerprint density at radius 1 is 1.46 bits per heavy atom. The number of nitrogens with one attached hydrogen (secondary N) is 1. The molecule has 0 unspecified atom stereocenters. The van der Waals surface area contributed by atoms with E-state index in [9.17, 15) is 14.9 Å². The fraction of sp³-hybridized carbons (Fsp3) is 0.474. The number of rotatable bonds is 4. The Hall–Kier alpha value is -2.72. The van der Waals surface area contributed by atoms with Crippen molar-refractivity contribution >= 4 is 22.4 Å². The van der Waals surface area contributed by atoms with E-state index >= 15 is 0 Å². The highest BCUT2D eigenvalue weighted by Crippen LogP contribution is 2.33. The molecular formula is C19H22N4O3. The molecule has 0 atom stereocenters. The number of aromatic nitrogens is 2. The third-order valence-electron chi connectivity index (χ3n) is 5.22. The Labute approximate surface area is 151 Å². The van der Waals surface area contributed by atoms with E-state index in [4.69, 9.17) is 4.74 Å². The number of anilines is 1. The van der Waals surface area contributed by atoms with Crippen molar-refractivity contribution in [1.29, 1.82) is 5.26 Å². The number of fused-ring (bicyclic) bond motifs is 1. The van der Waals surface area contributed by atoms with Crippen molar-refractivity contribution in [2.75, 3.05) is 25.1 Å². The third-order valence-corrected chi connectivity index (χ3v) is 5.22. The third kappa shape index (κ3) is 3.08. The summed E-state index contributed by atoms with van der Waals surface area (Å²) in [4.78, 5) is 33.3. The van der Waals surface area contributed by atoms with E-state index < -0.39 is 5.56 Å². The first-order valence-electron chi connectivity index (χ1n) is 8.72. The largest absolute Gasteiger partial charge is 0.378 e. The zero-order valence-corrected chi connectivity index (χ0v) is 15.3. The van der Waals surface area contributed by atoms with Gasteiger partial charge in [-0.15, -0.1) is 0 Å². The van der Waals surface area contributed by atoms with Crippen molar-refractivity contribution in [3.05, 3.63) is 33.9 Å². The summed E-state index contributed by atoms with van der Waals surface area (Å²) in [6.07, 6.45) is 3.41. The van der Waals surface area contributed by atoms with Crippen LogP contribution in [0, 0.1) is 11.3 Å². The van der Waals surface area contributed by atoms with Crippen LogP contribution >= 0.6 is 0 Å². The molecule has 0 radical (unpaired) electrons. The van der Waals surface area contributed by atoms with Gasteiger partial charge in [-0.05, 0) is 25.8 Å². The van der Waals surface area contributed by atoms with Crippen LogP contribution in [-0.4, -0.2) is 41.6 Å². The highest BCUT2D eigenvalue weighted by molar-refractivity contribution is 6.01. The van der Waals surface area contributed by atoms with Gasteiger partial charge in [0.25, 0.3) is 5.56 Å². The molecule has 1 aliphatic rings. The summed E-state index contributed by atoms with van der Waals surface area (Å²) < 4.78 is 5.58. The number of nitriles is 1. The lowest BCUT2D eigenvalue weighted by Crippen LogP contribution is -2.44. The normalized spacial score (nSPS) is 16.5. The van der Waals surface area contributed by atoms with E-state index in [0.717, 1.165) is 12.8 Å². The summed E-state index contributed by atoms with van der Waals surface area (Å²) in [5.74, 6) is -0.0758. The molecule has 136 valence electrons. The second kappa shape index (κ2) is 6.89. The minimum atomic E-state index is -0.438. The van der Waals surface area contributed by atoms with Gasteiger partial charge in [-0.3, -0.25) is 14.6 Å². The molecule has 1 fully saturated rings. The summed E-state index contributed by atoms with van der Waals surface area (Å²) in [6, 6.07) is 3.71. The Morgan fingerprint density at radius 3 is 2.73 bits per heavy atom. The molecule has 0 aliphatic carbocycles. The Balaban J connectivity index is 2.17. The van der Waals surface area contributed by atoms with Gasteiger partial charge in [0, 0.05) is 32.0 Å². The Bertz CT molecular complexity index is 950. The fourth-order valence-corrected chi connectivity index (χ4v) is 3.35. The zero-order chi connectivity index (χ0) is 18.9. The van der Waals surface area contributed by atoms with Crippen LogP contribution in [0.5, 0.6) is 0 Å². The number of hydrogen-bond acceptors (Lipinski definition) is 6. The highest BCUT2D eigenvalue weighted by atomic mass is 16.5. The summed E-state index contributed by atoms with van der Waals surface area (Å²) in [5.41, 5.74) is 0.876. The Kier molecular flexibility index (Phi) is 4.79. The number of carbonyl (C=O) groups is 1. The predicted octanol–water partition coefficient (Wildman–Crippen LogP) is 2.39. The Morgan fingerprint density at radius 2 is 2.15 bits per heavy atom. The molecule has 26 heavy (non-hydrogen) atoms. The number of pyridine rings is 2. The van der Waals surface area contributed by atoms with Crippen molar-refractivity contribution in [3.63, 3.8) is 0 Å². The van der Waals surface area contributed by atoms with Crippen LogP contribution in [0.25, 0.3) is 10.9 Å². The first kappa shape index (κ1) is 18.1. The molecule has 1 aliphatic heterocycles. The number of carbonyl (C=O) groups excluding carboxylic acids is 1. The maximum absolute atomic E-state index is 12.4. The van der Waals surface area contributed by atoms with E-state index in [-0.39, 0.29) is 16.9 Å². The minimum absolute atomic E-state index is 0.0691. The molecule has 1 saturated heterocycles. The maximum atomic E-state index is 12.4. The topological polar surface area (TPSA) is 99.1 Å².